The molecule has 100 valence electrons. The maximum atomic E-state index is 11.0. The Morgan fingerprint density at radius 3 is 2.45 bits per heavy atom. The number of rotatable bonds is 3. The minimum absolute atomic E-state index is 0.325. The van der Waals surface area contributed by atoms with Gasteiger partial charge in [0.1, 0.15) is 0 Å². The molecule has 0 radical (unpaired) electrons. The van der Waals surface area contributed by atoms with Crippen LogP contribution >= 0.6 is 0 Å². The van der Waals surface area contributed by atoms with Gasteiger partial charge in [-0.1, -0.05) is 35.9 Å². The van der Waals surface area contributed by atoms with Crippen LogP contribution in [0.25, 0.3) is 10.8 Å². The normalized spacial score (nSPS) is 10.8. The maximum Gasteiger partial charge on any atom is 0.335 e. The molecule has 2 aromatic carbocycles. The van der Waals surface area contributed by atoms with E-state index >= 15 is 0 Å². The van der Waals surface area contributed by atoms with E-state index in [-0.39, 0.29) is 0 Å². The zero-order valence-electron chi connectivity index (χ0n) is 11.2. The standard InChI is InChI=1S/C17H15NO2/c1-12-2-4-13(5-3-12)9-18-10-15-7-6-14(17(19)20)8-16(15)11-18/h2-8,10-11H,9H2,1H3,(H,19,20). The van der Waals surface area contributed by atoms with Gasteiger partial charge in [-0.25, -0.2) is 4.79 Å². The van der Waals surface area contributed by atoms with Gasteiger partial charge in [0.2, 0.25) is 0 Å². The lowest BCUT2D eigenvalue weighted by molar-refractivity contribution is 0.0697. The Kier molecular flexibility index (Phi) is 3.03. The van der Waals surface area contributed by atoms with Crippen LogP contribution in [0.2, 0.25) is 0 Å². The third-order valence-electron chi connectivity index (χ3n) is 3.43. The Hall–Kier alpha value is -2.55. The lowest BCUT2D eigenvalue weighted by atomic mass is 10.1. The molecule has 3 aromatic rings. The summed E-state index contributed by atoms with van der Waals surface area (Å²) in [6.45, 7) is 2.86. The van der Waals surface area contributed by atoms with Gasteiger partial charge < -0.3 is 9.67 Å². The van der Waals surface area contributed by atoms with Gasteiger partial charge in [0.05, 0.1) is 5.56 Å². The molecule has 1 aromatic heterocycles. The molecule has 0 aliphatic heterocycles. The van der Waals surface area contributed by atoms with E-state index in [4.69, 9.17) is 5.11 Å². The summed E-state index contributed by atoms with van der Waals surface area (Å²) in [4.78, 5) is 11.0. The molecule has 0 saturated carbocycles. The van der Waals surface area contributed by atoms with Crippen molar-refractivity contribution in [3.63, 3.8) is 0 Å². The van der Waals surface area contributed by atoms with E-state index in [0.29, 0.717) is 5.56 Å². The molecule has 0 fully saturated rings. The first-order valence-electron chi connectivity index (χ1n) is 6.50. The smallest absolute Gasteiger partial charge is 0.335 e. The van der Waals surface area contributed by atoms with Gasteiger partial charge in [-0.3, -0.25) is 0 Å². The van der Waals surface area contributed by atoms with E-state index in [2.05, 4.69) is 35.8 Å². The Morgan fingerprint density at radius 1 is 1.05 bits per heavy atom. The number of hydrogen-bond acceptors (Lipinski definition) is 1. The van der Waals surface area contributed by atoms with E-state index < -0.39 is 5.97 Å². The summed E-state index contributed by atoms with van der Waals surface area (Å²) in [5, 5.41) is 11.0. The minimum Gasteiger partial charge on any atom is -0.478 e. The number of aromatic carboxylic acids is 1. The average Bonchev–Trinajstić information content (AvgIpc) is 2.82. The second-order valence-electron chi connectivity index (χ2n) is 5.06. The van der Waals surface area contributed by atoms with Gasteiger partial charge in [-0.15, -0.1) is 0 Å². The minimum atomic E-state index is -0.891. The molecular weight excluding hydrogens is 250 g/mol. The first-order chi connectivity index (χ1) is 9.61. The van der Waals surface area contributed by atoms with E-state index in [1.54, 1.807) is 12.1 Å². The molecule has 3 heteroatoms. The maximum absolute atomic E-state index is 11.0. The first kappa shape index (κ1) is 12.5. The van der Waals surface area contributed by atoms with Crippen molar-refractivity contribution in [2.24, 2.45) is 0 Å². The molecule has 0 spiro atoms. The zero-order valence-corrected chi connectivity index (χ0v) is 11.2. The molecule has 0 unspecified atom stereocenters. The predicted molar refractivity (Wildman–Crippen MR) is 79.2 cm³/mol. The van der Waals surface area contributed by atoms with Gasteiger partial charge in [0.25, 0.3) is 0 Å². The molecule has 0 bridgehead atoms. The van der Waals surface area contributed by atoms with Crippen molar-refractivity contribution in [1.29, 1.82) is 0 Å². The number of aromatic nitrogens is 1. The number of carboxylic acid groups (broad SMARTS) is 1. The van der Waals surface area contributed by atoms with E-state index in [0.717, 1.165) is 17.3 Å². The summed E-state index contributed by atoms with van der Waals surface area (Å²) in [7, 11) is 0. The molecule has 0 aliphatic carbocycles. The number of aryl methyl sites for hydroxylation is 1. The predicted octanol–water partition coefficient (Wildman–Crippen LogP) is 3.70. The van der Waals surface area contributed by atoms with Crippen LogP contribution in [-0.4, -0.2) is 15.6 Å². The van der Waals surface area contributed by atoms with Crippen LogP contribution in [0.1, 0.15) is 21.5 Å². The fraction of sp³-hybridized carbons (Fsp3) is 0.118. The fourth-order valence-corrected chi connectivity index (χ4v) is 2.33. The molecule has 0 atom stereocenters. The summed E-state index contributed by atoms with van der Waals surface area (Å²) < 4.78 is 2.08. The molecule has 0 saturated heterocycles. The summed E-state index contributed by atoms with van der Waals surface area (Å²) in [5.74, 6) is -0.891. The van der Waals surface area contributed by atoms with E-state index in [9.17, 15) is 4.79 Å². The highest BCUT2D eigenvalue weighted by molar-refractivity contribution is 5.94. The van der Waals surface area contributed by atoms with E-state index in [1.807, 2.05) is 18.5 Å². The zero-order chi connectivity index (χ0) is 14.1. The van der Waals surface area contributed by atoms with Crippen LogP contribution < -0.4 is 0 Å². The molecular formula is C17H15NO2. The summed E-state index contributed by atoms with van der Waals surface area (Å²) >= 11 is 0. The summed E-state index contributed by atoms with van der Waals surface area (Å²) in [6, 6.07) is 13.6. The third-order valence-corrected chi connectivity index (χ3v) is 3.43. The molecule has 0 amide bonds. The Labute approximate surface area is 117 Å². The average molecular weight is 265 g/mol. The molecule has 20 heavy (non-hydrogen) atoms. The van der Waals surface area contributed by atoms with Crippen LogP contribution in [-0.2, 0) is 6.54 Å². The second kappa shape index (κ2) is 4.85. The van der Waals surface area contributed by atoms with Gasteiger partial charge in [-0.2, -0.15) is 0 Å². The second-order valence-corrected chi connectivity index (χ2v) is 5.06. The number of hydrogen-bond donors (Lipinski definition) is 1. The van der Waals surface area contributed by atoms with Gasteiger partial charge in [0, 0.05) is 24.3 Å². The van der Waals surface area contributed by atoms with Crippen LogP contribution in [0.3, 0.4) is 0 Å². The number of nitrogens with zero attached hydrogens (tertiary/aromatic N) is 1. The molecule has 1 heterocycles. The van der Waals surface area contributed by atoms with Gasteiger partial charge in [0.15, 0.2) is 0 Å². The largest absolute Gasteiger partial charge is 0.478 e. The van der Waals surface area contributed by atoms with Crippen molar-refractivity contribution in [1.82, 2.24) is 4.57 Å². The number of carbonyl (C=O) groups is 1. The summed E-state index contributed by atoms with van der Waals surface area (Å²) in [6.07, 6.45) is 4.03. The van der Waals surface area contributed by atoms with Crippen molar-refractivity contribution in [3.8, 4) is 0 Å². The van der Waals surface area contributed by atoms with Crippen LogP contribution in [0.5, 0.6) is 0 Å². The van der Waals surface area contributed by atoms with Gasteiger partial charge >= 0.3 is 5.97 Å². The number of benzene rings is 2. The molecule has 3 rings (SSSR count). The van der Waals surface area contributed by atoms with Crippen molar-refractivity contribution in [2.45, 2.75) is 13.5 Å². The fourth-order valence-electron chi connectivity index (χ4n) is 2.33. The van der Waals surface area contributed by atoms with E-state index in [1.165, 1.54) is 11.1 Å². The molecule has 1 N–H and O–H groups in total. The van der Waals surface area contributed by atoms with Crippen molar-refractivity contribution >= 4 is 16.7 Å². The number of fused-ring (bicyclic) bond motifs is 1. The SMILES string of the molecule is Cc1ccc(Cn2cc3ccc(C(=O)O)cc3c2)cc1. The first-order valence-corrected chi connectivity index (χ1v) is 6.50. The molecule has 0 aliphatic rings. The highest BCUT2D eigenvalue weighted by atomic mass is 16.4. The lowest BCUT2D eigenvalue weighted by Crippen LogP contribution is -1.95. The van der Waals surface area contributed by atoms with Crippen molar-refractivity contribution < 1.29 is 9.90 Å². The van der Waals surface area contributed by atoms with Crippen LogP contribution in [0, 0.1) is 6.92 Å². The highest BCUT2D eigenvalue weighted by Crippen LogP contribution is 2.18. The molecule has 3 nitrogen and oxygen atoms in total. The lowest BCUT2D eigenvalue weighted by Gasteiger charge is -2.03. The highest BCUT2D eigenvalue weighted by Gasteiger charge is 2.05. The Morgan fingerprint density at radius 2 is 1.75 bits per heavy atom. The van der Waals surface area contributed by atoms with Crippen molar-refractivity contribution in [2.75, 3.05) is 0 Å². The Bertz CT molecular complexity index is 769. The van der Waals surface area contributed by atoms with Crippen LogP contribution in [0.4, 0.5) is 0 Å². The quantitative estimate of drug-likeness (QED) is 0.784. The third kappa shape index (κ3) is 2.43. The summed E-state index contributed by atoms with van der Waals surface area (Å²) in [5.41, 5.74) is 2.80. The van der Waals surface area contributed by atoms with Gasteiger partial charge in [-0.05, 0) is 30.0 Å². The number of carboxylic acids is 1. The topological polar surface area (TPSA) is 42.2 Å². The van der Waals surface area contributed by atoms with Crippen LogP contribution in [0.15, 0.2) is 54.9 Å². The monoisotopic (exact) mass is 265 g/mol. The van der Waals surface area contributed by atoms with Crippen molar-refractivity contribution in [3.05, 3.63) is 71.5 Å². The Balaban J connectivity index is 1.92.